The average molecular weight is 544 g/mol. The summed E-state index contributed by atoms with van der Waals surface area (Å²) in [5, 5.41) is 2.76. The highest BCUT2D eigenvalue weighted by molar-refractivity contribution is 9.10. The number of carbonyl (C=O) groups excluding carboxylic acids is 1. The molecule has 3 aromatic heterocycles. The van der Waals surface area contributed by atoms with E-state index in [9.17, 15) is 9.59 Å². The summed E-state index contributed by atoms with van der Waals surface area (Å²) in [6.07, 6.45) is 4.22. The van der Waals surface area contributed by atoms with Crippen molar-refractivity contribution in [3.8, 4) is 11.5 Å². The Bertz CT molecular complexity index is 1270. The van der Waals surface area contributed by atoms with E-state index in [1.807, 2.05) is 6.07 Å². The first-order valence-electron chi connectivity index (χ1n) is 11.6. The molecule has 0 spiro atoms. The summed E-state index contributed by atoms with van der Waals surface area (Å²) in [7, 11) is 0. The van der Waals surface area contributed by atoms with Crippen LogP contribution in [0.25, 0.3) is 11.0 Å². The van der Waals surface area contributed by atoms with Crippen molar-refractivity contribution in [1.82, 2.24) is 24.8 Å². The molecule has 1 saturated heterocycles. The van der Waals surface area contributed by atoms with Gasteiger partial charge in [-0.1, -0.05) is 0 Å². The van der Waals surface area contributed by atoms with Crippen molar-refractivity contribution in [3.63, 3.8) is 0 Å². The minimum atomic E-state index is -0.458. The fraction of sp³-hybridized carbons (Fsp3) is 0.417. The Morgan fingerprint density at radius 3 is 2.71 bits per heavy atom. The number of ether oxygens (including phenoxy) is 3. The summed E-state index contributed by atoms with van der Waals surface area (Å²) in [4.78, 5) is 35.7. The third-order valence-electron chi connectivity index (χ3n) is 6.15. The van der Waals surface area contributed by atoms with Crippen LogP contribution in [0.15, 0.2) is 45.9 Å². The van der Waals surface area contributed by atoms with Gasteiger partial charge in [0.25, 0.3) is 5.56 Å². The van der Waals surface area contributed by atoms with Crippen molar-refractivity contribution in [2.24, 2.45) is 0 Å². The third-order valence-corrected chi connectivity index (χ3v) is 6.59. The van der Waals surface area contributed by atoms with Crippen LogP contribution in [0.5, 0.6) is 11.5 Å². The zero-order chi connectivity index (χ0) is 24.2. The van der Waals surface area contributed by atoms with E-state index in [0.717, 1.165) is 48.0 Å². The SMILES string of the molecule is O=C(NCc1cc2c(cn1)OCCO2)OC1CCN(CCn2c(=O)ccc3ncc(Br)cc32)CC1. The largest absolute Gasteiger partial charge is 0.486 e. The molecule has 10 nitrogen and oxygen atoms in total. The maximum atomic E-state index is 12.4. The van der Waals surface area contributed by atoms with Gasteiger partial charge in [0, 0.05) is 49.0 Å². The molecule has 0 saturated carbocycles. The van der Waals surface area contributed by atoms with Gasteiger partial charge in [0.15, 0.2) is 11.5 Å². The smallest absolute Gasteiger partial charge is 0.407 e. The highest BCUT2D eigenvalue weighted by atomic mass is 79.9. The lowest BCUT2D eigenvalue weighted by Gasteiger charge is -2.31. The average Bonchev–Trinajstić information content (AvgIpc) is 2.87. The Balaban J connectivity index is 1.08. The van der Waals surface area contributed by atoms with Gasteiger partial charge in [-0.2, -0.15) is 0 Å². The lowest BCUT2D eigenvalue weighted by atomic mass is 10.1. The normalized spacial score (nSPS) is 16.3. The van der Waals surface area contributed by atoms with Crippen LogP contribution in [0.1, 0.15) is 18.5 Å². The van der Waals surface area contributed by atoms with Gasteiger partial charge in [0.05, 0.1) is 29.5 Å². The molecule has 0 aliphatic carbocycles. The number of pyridine rings is 3. The third kappa shape index (κ3) is 5.73. The molecule has 2 aliphatic heterocycles. The number of carbonyl (C=O) groups is 1. The standard InChI is InChI=1S/C24H26BrN5O5/c25-16-11-20-19(27-13-16)1-2-23(31)30(20)8-7-29-5-3-18(4-6-29)35-24(32)28-14-17-12-21-22(15-26-17)34-10-9-33-21/h1-2,11-13,15,18H,3-10,14H2,(H,28,32). The Labute approximate surface area is 210 Å². The summed E-state index contributed by atoms with van der Waals surface area (Å²) in [6, 6.07) is 6.99. The number of alkyl carbamates (subject to hydrolysis) is 1. The van der Waals surface area contributed by atoms with Crippen molar-refractivity contribution < 1.29 is 19.0 Å². The summed E-state index contributed by atoms with van der Waals surface area (Å²) < 4.78 is 19.2. The molecule has 5 rings (SSSR count). The minimum Gasteiger partial charge on any atom is -0.486 e. The van der Waals surface area contributed by atoms with Crippen molar-refractivity contribution in [2.45, 2.75) is 32.0 Å². The number of hydrogen-bond acceptors (Lipinski definition) is 8. The minimum absolute atomic E-state index is 0.0419. The predicted molar refractivity (Wildman–Crippen MR) is 132 cm³/mol. The lowest BCUT2D eigenvalue weighted by molar-refractivity contribution is 0.0496. The molecule has 184 valence electrons. The monoisotopic (exact) mass is 543 g/mol. The molecule has 35 heavy (non-hydrogen) atoms. The molecular formula is C24H26BrN5O5. The number of piperidine rings is 1. The second kappa shape index (κ2) is 10.6. The van der Waals surface area contributed by atoms with Gasteiger partial charge < -0.3 is 29.0 Å². The van der Waals surface area contributed by atoms with Crippen molar-refractivity contribution in [1.29, 1.82) is 0 Å². The molecule has 0 atom stereocenters. The first-order chi connectivity index (χ1) is 17.0. The molecule has 0 aromatic carbocycles. The Hall–Kier alpha value is -3.18. The maximum Gasteiger partial charge on any atom is 0.407 e. The molecule has 0 unspecified atom stereocenters. The van der Waals surface area contributed by atoms with E-state index >= 15 is 0 Å². The van der Waals surface area contributed by atoms with Crippen molar-refractivity contribution in [2.75, 3.05) is 32.8 Å². The number of fused-ring (bicyclic) bond motifs is 2. The van der Waals surface area contributed by atoms with E-state index < -0.39 is 6.09 Å². The van der Waals surface area contributed by atoms with Crippen LogP contribution >= 0.6 is 15.9 Å². The van der Waals surface area contributed by atoms with E-state index in [-0.39, 0.29) is 18.2 Å². The van der Waals surface area contributed by atoms with E-state index in [0.29, 0.717) is 37.0 Å². The number of aromatic nitrogens is 3. The quantitative estimate of drug-likeness (QED) is 0.505. The number of likely N-dealkylation sites (tertiary alicyclic amines) is 1. The molecule has 0 bridgehead atoms. The first-order valence-corrected chi connectivity index (χ1v) is 12.4. The second-order valence-corrected chi connectivity index (χ2v) is 9.42. The molecule has 5 heterocycles. The van der Waals surface area contributed by atoms with E-state index in [2.05, 4.69) is 36.1 Å². The number of rotatable bonds is 6. The molecule has 1 N–H and O–H groups in total. The van der Waals surface area contributed by atoms with Crippen LogP contribution in [0.2, 0.25) is 0 Å². The van der Waals surface area contributed by atoms with Crippen LogP contribution in [-0.4, -0.2) is 64.5 Å². The van der Waals surface area contributed by atoms with Crippen LogP contribution in [-0.2, 0) is 17.8 Å². The highest BCUT2D eigenvalue weighted by Crippen LogP contribution is 2.29. The summed E-state index contributed by atoms with van der Waals surface area (Å²) in [5.41, 5.74) is 2.23. The van der Waals surface area contributed by atoms with Gasteiger partial charge in [-0.25, -0.2) is 4.79 Å². The summed E-state index contributed by atoms with van der Waals surface area (Å²) in [5.74, 6) is 1.25. The highest BCUT2D eigenvalue weighted by Gasteiger charge is 2.22. The molecule has 11 heteroatoms. The summed E-state index contributed by atoms with van der Waals surface area (Å²) >= 11 is 3.43. The Morgan fingerprint density at radius 2 is 1.89 bits per heavy atom. The predicted octanol–water partition coefficient (Wildman–Crippen LogP) is 2.72. The van der Waals surface area contributed by atoms with E-state index in [4.69, 9.17) is 14.2 Å². The number of nitrogens with one attached hydrogen (secondary N) is 1. The Morgan fingerprint density at radius 1 is 1.09 bits per heavy atom. The lowest BCUT2D eigenvalue weighted by Crippen LogP contribution is -2.41. The molecule has 3 aromatic rings. The van der Waals surface area contributed by atoms with E-state index in [1.165, 1.54) is 0 Å². The van der Waals surface area contributed by atoms with Gasteiger partial charge >= 0.3 is 6.09 Å². The first kappa shape index (κ1) is 23.6. The fourth-order valence-electron chi connectivity index (χ4n) is 4.31. The zero-order valence-corrected chi connectivity index (χ0v) is 20.7. The summed E-state index contributed by atoms with van der Waals surface area (Å²) in [6.45, 7) is 4.15. The number of hydrogen-bond donors (Lipinski definition) is 1. The van der Waals surface area contributed by atoms with Crippen LogP contribution in [0.3, 0.4) is 0 Å². The van der Waals surface area contributed by atoms with Crippen LogP contribution in [0, 0.1) is 0 Å². The Kier molecular flexibility index (Phi) is 7.14. The van der Waals surface area contributed by atoms with Gasteiger partial charge in [-0.15, -0.1) is 0 Å². The molecule has 1 fully saturated rings. The van der Waals surface area contributed by atoms with Gasteiger partial charge in [0.2, 0.25) is 0 Å². The molecular weight excluding hydrogens is 518 g/mol. The second-order valence-electron chi connectivity index (χ2n) is 8.50. The van der Waals surface area contributed by atoms with Crippen molar-refractivity contribution in [3.05, 3.63) is 57.2 Å². The fourth-order valence-corrected chi connectivity index (χ4v) is 4.63. The molecule has 0 radical (unpaired) electrons. The van der Waals surface area contributed by atoms with Gasteiger partial charge in [-0.3, -0.25) is 14.8 Å². The van der Waals surface area contributed by atoms with Gasteiger partial charge in [-0.05, 0) is 40.9 Å². The topological polar surface area (TPSA) is 108 Å². The van der Waals surface area contributed by atoms with Crippen LogP contribution < -0.4 is 20.3 Å². The number of nitrogens with zero attached hydrogens (tertiary/aromatic N) is 4. The number of halogens is 1. The van der Waals surface area contributed by atoms with E-state index in [1.54, 1.807) is 35.2 Å². The van der Waals surface area contributed by atoms with Crippen molar-refractivity contribution >= 4 is 33.1 Å². The van der Waals surface area contributed by atoms with Crippen LogP contribution in [0.4, 0.5) is 4.79 Å². The molecule has 1 amide bonds. The zero-order valence-electron chi connectivity index (χ0n) is 19.1. The van der Waals surface area contributed by atoms with Gasteiger partial charge in [0.1, 0.15) is 19.3 Å². The molecule has 2 aliphatic rings. The number of amides is 1. The maximum absolute atomic E-state index is 12.4.